The van der Waals surface area contributed by atoms with E-state index in [-0.39, 0.29) is 21.3 Å². The summed E-state index contributed by atoms with van der Waals surface area (Å²) in [5.74, 6) is -1.40. The molecule has 5 nitrogen and oxygen atoms in total. The largest absolute Gasteiger partial charge is 0.480 e. The van der Waals surface area contributed by atoms with Gasteiger partial charge in [-0.3, -0.25) is 4.79 Å². The molecule has 0 saturated carbocycles. The number of anilines is 1. The van der Waals surface area contributed by atoms with Crippen molar-refractivity contribution in [1.29, 1.82) is 0 Å². The number of nitrogens with zero attached hydrogens (tertiary/aromatic N) is 1. The van der Waals surface area contributed by atoms with Crippen molar-refractivity contribution in [1.82, 2.24) is 4.90 Å². The number of hydrogen-bond acceptors (Lipinski definition) is 3. The summed E-state index contributed by atoms with van der Waals surface area (Å²) in [6.07, 6.45) is 1.12. The van der Waals surface area contributed by atoms with Crippen LogP contribution >= 0.6 is 23.2 Å². The van der Waals surface area contributed by atoms with Gasteiger partial charge in [0, 0.05) is 12.1 Å². The normalized spacial score (nSPS) is 18.6. The Bertz CT molecular complexity index is 525. The summed E-state index contributed by atoms with van der Waals surface area (Å²) in [6, 6.07) is 2.02. The molecule has 0 radical (unpaired) electrons. The second kappa shape index (κ2) is 5.27. The molecule has 1 saturated heterocycles. The Morgan fingerprint density at radius 3 is 2.42 bits per heavy atom. The van der Waals surface area contributed by atoms with Crippen LogP contribution in [0.1, 0.15) is 23.2 Å². The fourth-order valence-corrected chi connectivity index (χ4v) is 2.63. The average molecular weight is 303 g/mol. The Morgan fingerprint density at radius 1 is 1.32 bits per heavy atom. The summed E-state index contributed by atoms with van der Waals surface area (Å²) in [5.41, 5.74) is 6.05. The first-order valence-electron chi connectivity index (χ1n) is 5.70. The number of carbonyl (C=O) groups is 2. The van der Waals surface area contributed by atoms with Crippen molar-refractivity contribution in [2.45, 2.75) is 18.9 Å². The number of amides is 1. The summed E-state index contributed by atoms with van der Waals surface area (Å²) in [7, 11) is 0. The van der Waals surface area contributed by atoms with Gasteiger partial charge >= 0.3 is 5.97 Å². The SMILES string of the molecule is Nc1c(Cl)cc(C(=O)N2CCCC2C(=O)O)cc1Cl. The lowest BCUT2D eigenvalue weighted by Crippen LogP contribution is -2.40. The van der Waals surface area contributed by atoms with Crippen LogP contribution in [0.2, 0.25) is 10.0 Å². The number of likely N-dealkylation sites (tertiary alicyclic amines) is 1. The summed E-state index contributed by atoms with van der Waals surface area (Å²) >= 11 is 11.7. The van der Waals surface area contributed by atoms with E-state index in [1.165, 1.54) is 17.0 Å². The van der Waals surface area contributed by atoms with E-state index in [1.54, 1.807) is 0 Å². The monoisotopic (exact) mass is 302 g/mol. The first kappa shape index (κ1) is 14.0. The van der Waals surface area contributed by atoms with Crippen molar-refractivity contribution in [3.05, 3.63) is 27.7 Å². The standard InChI is InChI=1S/C12H12Cl2N2O3/c13-7-4-6(5-8(14)10(7)15)11(17)16-3-1-2-9(16)12(18)19/h4-5,9H,1-3,15H2,(H,18,19). The highest BCUT2D eigenvalue weighted by Crippen LogP contribution is 2.30. The van der Waals surface area contributed by atoms with Crippen molar-refractivity contribution >= 4 is 40.8 Å². The second-order valence-corrected chi connectivity index (χ2v) is 5.16. The Balaban J connectivity index is 2.32. The minimum absolute atomic E-state index is 0.182. The van der Waals surface area contributed by atoms with E-state index in [9.17, 15) is 9.59 Å². The molecule has 2 rings (SSSR count). The number of carboxylic acids is 1. The number of halogens is 2. The summed E-state index contributed by atoms with van der Waals surface area (Å²) in [6.45, 7) is 0.412. The molecule has 1 aliphatic rings. The van der Waals surface area contributed by atoms with E-state index in [2.05, 4.69) is 0 Å². The van der Waals surface area contributed by atoms with Gasteiger partial charge in [0.25, 0.3) is 5.91 Å². The molecule has 19 heavy (non-hydrogen) atoms. The molecule has 7 heteroatoms. The number of rotatable bonds is 2. The number of carboxylic acid groups (broad SMARTS) is 1. The molecule has 1 heterocycles. The fourth-order valence-electron chi connectivity index (χ4n) is 2.14. The predicted octanol–water partition coefficient (Wildman–Crippen LogP) is 2.26. The van der Waals surface area contributed by atoms with Crippen LogP contribution in [-0.4, -0.2) is 34.5 Å². The molecule has 1 aliphatic heterocycles. The molecule has 1 aromatic rings. The molecule has 0 spiro atoms. The first-order valence-corrected chi connectivity index (χ1v) is 6.45. The maximum absolute atomic E-state index is 12.3. The van der Waals surface area contributed by atoms with Crippen molar-refractivity contribution in [2.24, 2.45) is 0 Å². The highest BCUT2D eigenvalue weighted by Gasteiger charge is 2.34. The fraction of sp³-hybridized carbons (Fsp3) is 0.333. The molecule has 0 bridgehead atoms. The van der Waals surface area contributed by atoms with Crippen molar-refractivity contribution in [2.75, 3.05) is 12.3 Å². The van der Waals surface area contributed by atoms with E-state index >= 15 is 0 Å². The van der Waals surface area contributed by atoms with Gasteiger partial charge in [0.15, 0.2) is 0 Å². The van der Waals surface area contributed by atoms with Crippen LogP contribution in [0, 0.1) is 0 Å². The lowest BCUT2D eigenvalue weighted by atomic mass is 10.1. The van der Waals surface area contributed by atoms with E-state index in [0.717, 1.165) is 0 Å². The number of nitrogens with two attached hydrogens (primary N) is 1. The third-order valence-electron chi connectivity index (χ3n) is 3.12. The molecule has 3 N–H and O–H groups in total. The lowest BCUT2D eigenvalue weighted by molar-refractivity contribution is -0.141. The molecule has 1 fully saturated rings. The van der Waals surface area contributed by atoms with Crippen molar-refractivity contribution in [3.8, 4) is 0 Å². The Kier molecular flexibility index (Phi) is 3.87. The van der Waals surface area contributed by atoms with Crippen LogP contribution in [0.4, 0.5) is 5.69 Å². The van der Waals surface area contributed by atoms with Gasteiger partial charge in [-0.1, -0.05) is 23.2 Å². The zero-order valence-corrected chi connectivity index (χ0v) is 11.4. The molecular formula is C12H12Cl2N2O3. The van der Waals surface area contributed by atoms with E-state index in [4.69, 9.17) is 34.0 Å². The number of carbonyl (C=O) groups excluding carboxylic acids is 1. The molecule has 1 amide bonds. The maximum Gasteiger partial charge on any atom is 0.326 e. The van der Waals surface area contributed by atoms with E-state index in [1.807, 2.05) is 0 Å². The molecule has 1 atom stereocenters. The van der Waals surface area contributed by atoms with Gasteiger partial charge in [-0.15, -0.1) is 0 Å². The number of aliphatic carboxylic acids is 1. The molecule has 0 aliphatic carbocycles. The number of benzene rings is 1. The summed E-state index contributed by atoms with van der Waals surface area (Å²) < 4.78 is 0. The zero-order chi connectivity index (χ0) is 14.2. The third kappa shape index (κ3) is 2.62. The van der Waals surface area contributed by atoms with Crippen LogP contribution in [0.5, 0.6) is 0 Å². The predicted molar refractivity (Wildman–Crippen MR) is 72.6 cm³/mol. The van der Waals surface area contributed by atoms with Crippen molar-refractivity contribution in [3.63, 3.8) is 0 Å². The number of hydrogen-bond donors (Lipinski definition) is 2. The lowest BCUT2D eigenvalue weighted by Gasteiger charge is -2.21. The van der Waals surface area contributed by atoms with Gasteiger partial charge in [0.05, 0.1) is 15.7 Å². The quantitative estimate of drug-likeness (QED) is 0.821. The maximum atomic E-state index is 12.3. The van der Waals surface area contributed by atoms with E-state index < -0.39 is 17.9 Å². The topological polar surface area (TPSA) is 83.6 Å². The molecule has 102 valence electrons. The van der Waals surface area contributed by atoms with Gasteiger partial charge in [-0.25, -0.2) is 4.79 Å². The molecule has 1 unspecified atom stereocenters. The second-order valence-electron chi connectivity index (χ2n) is 4.35. The third-order valence-corrected chi connectivity index (χ3v) is 3.75. The van der Waals surface area contributed by atoms with Gasteiger partial charge < -0.3 is 15.7 Å². The van der Waals surface area contributed by atoms with Gasteiger partial charge in [-0.05, 0) is 25.0 Å². The van der Waals surface area contributed by atoms with Crippen LogP contribution in [0.25, 0.3) is 0 Å². The smallest absolute Gasteiger partial charge is 0.326 e. The zero-order valence-electron chi connectivity index (χ0n) is 9.90. The summed E-state index contributed by atoms with van der Waals surface area (Å²) in [4.78, 5) is 24.7. The van der Waals surface area contributed by atoms with Crippen LogP contribution < -0.4 is 5.73 Å². The summed E-state index contributed by atoms with van der Waals surface area (Å²) in [5, 5.41) is 9.43. The molecule has 1 aromatic carbocycles. The first-order chi connectivity index (χ1) is 8.91. The van der Waals surface area contributed by atoms with Crippen LogP contribution in [0.15, 0.2) is 12.1 Å². The highest BCUT2D eigenvalue weighted by atomic mass is 35.5. The number of nitrogen functional groups attached to an aromatic ring is 1. The minimum atomic E-state index is -1.00. The Morgan fingerprint density at radius 2 is 1.89 bits per heavy atom. The van der Waals surface area contributed by atoms with Gasteiger partial charge in [-0.2, -0.15) is 0 Å². The average Bonchev–Trinajstić information content (AvgIpc) is 2.83. The van der Waals surface area contributed by atoms with Gasteiger partial charge in [0.2, 0.25) is 0 Å². The molecule has 0 aromatic heterocycles. The van der Waals surface area contributed by atoms with Crippen molar-refractivity contribution < 1.29 is 14.7 Å². The molecular weight excluding hydrogens is 291 g/mol. The highest BCUT2D eigenvalue weighted by molar-refractivity contribution is 6.39. The van der Waals surface area contributed by atoms with Crippen LogP contribution in [-0.2, 0) is 4.79 Å². The Labute approximate surface area is 119 Å². The van der Waals surface area contributed by atoms with Gasteiger partial charge in [0.1, 0.15) is 6.04 Å². The minimum Gasteiger partial charge on any atom is -0.480 e. The Hall–Kier alpha value is -1.46. The van der Waals surface area contributed by atoms with E-state index in [0.29, 0.717) is 19.4 Å². The van der Waals surface area contributed by atoms with Crippen LogP contribution in [0.3, 0.4) is 0 Å².